The maximum Gasteiger partial charge on any atom is 0.304 e. The third-order valence-corrected chi connectivity index (χ3v) is 8.10. The van der Waals surface area contributed by atoms with E-state index in [1.165, 1.54) is 31.1 Å². The van der Waals surface area contributed by atoms with Crippen molar-refractivity contribution in [1.82, 2.24) is 14.5 Å². The van der Waals surface area contributed by atoms with E-state index in [1.54, 1.807) is 42.5 Å². The second-order valence-electron chi connectivity index (χ2n) is 10.1. The van der Waals surface area contributed by atoms with E-state index in [9.17, 15) is 22.4 Å². The van der Waals surface area contributed by atoms with Crippen LogP contribution < -0.4 is 9.62 Å². The minimum Gasteiger partial charge on any atom is -0.354 e. The molecule has 1 atom stereocenters. The summed E-state index contributed by atoms with van der Waals surface area (Å²) in [7, 11) is -1.27. The molecule has 0 radical (unpaired) electrons. The summed E-state index contributed by atoms with van der Waals surface area (Å²) in [5, 5.41) is 2.93. The molecule has 0 aliphatic carbocycles. The van der Waals surface area contributed by atoms with Gasteiger partial charge in [-0.25, -0.2) is 8.70 Å². The van der Waals surface area contributed by atoms with Crippen LogP contribution in [0.3, 0.4) is 0 Å². The minimum atomic E-state index is -4.06. The molecular weight excluding hydrogens is 531 g/mol. The van der Waals surface area contributed by atoms with Gasteiger partial charge in [-0.05, 0) is 41.3 Å². The van der Waals surface area contributed by atoms with Gasteiger partial charge < -0.3 is 10.2 Å². The minimum absolute atomic E-state index is 0.0175. The molecule has 0 aliphatic rings. The zero-order valence-electron chi connectivity index (χ0n) is 23.3. The smallest absolute Gasteiger partial charge is 0.304 e. The monoisotopic (exact) mass is 568 g/mol. The fourth-order valence-electron chi connectivity index (χ4n) is 4.07. The first-order valence-corrected chi connectivity index (χ1v) is 14.5. The van der Waals surface area contributed by atoms with E-state index < -0.39 is 34.5 Å². The van der Waals surface area contributed by atoms with Gasteiger partial charge in [0.25, 0.3) is 0 Å². The van der Waals surface area contributed by atoms with E-state index in [0.29, 0.717) is 17.8 Å². The fraction of sp³-hybridized carbons (Fsp3) is 0.333. The van der Waals surface area contributed by atoms with Crippen LogP contribution in [0.5, 0.6) is 0 Å². The number of nitrogens with zero attached hydrogens (tertiary/aromatic N) is 3. The molecule has 0 spiro atoms. The molecule has 10 heteroatoms. The Kier molecular flexibility index (Phi) is 10.8. The first-order chi connectivity index (χ1) is 19.0. The molecule has 3 aromatic carbocycles. The van der Waals surface area contributed by atoms with Crippen LogP contribution in [0.15, 0.2) is 84.9 Å². The molecular formula is C30H37FN4O4S. The number of halogens is 1. The molecule has 0 fully saturated rings. The molecule has 8 nitrogen and oxygen atoms in total. The normalized spacial score (nSPS) is 12.3. The average Bonchev–Trinajstić information content (AvgIpc) is 2.94. The van der Waals surface area contributed by atoms with Gasteiger partial charge in [0, 0.05) is 33.6 Å². The molecule has 0 aliphatic heterocycles. The molecule has 40 heavy (non-hydrogen) atoms. The Morgan fingerprint density at radius 3 is 1.98 bits per heavy atom. The molecule has 0 bridgehead atoms. The van der Waals surface area contributed by atoms with E-state index in [4.69, 9.17) is 0 Å². The zero-order chi connectivity index (χ0) is 29.3. The standard InChI is InChI=1S/C30H37FN4O4S/c1-23(2)20-32-30(37)28(19-24-11-7-5-8-12-24)34(21-25-15-17-26(31)18-16-25)29(36)22-35(40(38,39)33(3)4)27-13-9-6-10-14-27/h5-18,23,28H,19-22H2,1-4H3,(H,32,37)/t28-/m0/s1. The number of nitrogens with one attached hydrogen (secondary N) is 1. The SMILES string of the molecule is CC(C)CNC(=O)[C@H](Cc1ccccc1)N(Cc1ccc(F)cc1)C(=O)CN(c1ccccc1)S(=O)(=O)N(C)C. The number of hydrogen-bond acceptors (Lipinski definition) is 4. The van der Waals surface area contributed by atoms with E-state index >= 15 is 0 Å². The second-order valence-corrected chi connectivity index (χ2v) is 12.2. The summed E-state index contributed by atoms with van der Waals surface area (Å²) in [4.78, 5) is 29.1. The number of para-hydroxylation sites is 1. The molecule has 0 aromatic heterocycles. The fourth-order valence-corrected chi connectivity index (χ4v) is 5.13. The van der Waals surface area contributed by atoms with Gasteiger partial charge in [-0.15, -0.1) is 0 Å². The molecule has 0 heterocycles. The lowest BCUT2D eigenvalue weighted by Crippen LogP contribution is -2.54. The largest absolute Gasteiger partial charge is 0.354 e. The van der Waals surface area contributed by atoms with Crippen molar-refractivity contribution in [3.63, 3.8) is 0 Å². The van der Waals surface area contributed by atoms with Crippen LogP contribution in [0, 0.1) is 11.7 Å². The molecule has 3 rings (SSSR count). The van der Waals surface area contributed by atoms with Crippen molar-refractivity contribution in [2.75, 3.05) is 31.5 Å². The van der Waals surface area contributed by atoms with Crippen molar-refractivity contribution in [3.05, 3.63) is 102 Å². The van der Waals surface area contributed by atoms with Gasteiger partial charge in [-0.2, -0.15) is 12.7 Å². The van der Waals surface area contributed by atoms with Crippen LogP contribution in [0.1, 0.15) is 25.0 Å². The van der Waals surface area contributed by atoms with Gasteiger partial charge in [0.2, 0.25) is 11.8 Å². The number of anilines is 1. The van der Waals surface area contributed by atoms with Crippen molar-refractivity contribution < 1.29 is 22.4 Å². The number of carbonyl (C=O) groups excluding carboxylic acids is 2. The third kappa shape index (κ3) is 8.37. The maximum absolute atomic E-state index is 14.1. The van der Waals surface area contributed by atoms with Crippen LogP contribution in [0.4, 0.5) is 10.1 Å². The van der Waals surface area contributed by atoms with Crippen LogP contribution in [-0.2, 0) is 32.8 Å². The molecule has 0 unspecified atom stereocenters. The van der Waals surface area contributed by atoms with Crippen molar-refractivity contribution in [2.45, 2.75) is 32.9 Å². The molecule has 1 N–H and O–H groups in total. The van der Waals surface area contributed by atoms with E-state index in [0.717, 1.165) is 14.2 Å². The van der Waals surface area contributed by atoms with Crippen LogP contribution in [0.25, 0.3) is 0 Å². The maximum atomic E-state index is 14.1. The number of benzene rings is 3. The Hall–Kier alpha value is -3.76. The lowest BCUT2D eigenvalue weighted by molar-refractivity contribution is -0.140. The van der Waals surface area contributed by atoms with Gasteiger partial charge in [0.1, 0.15) is 18.4 Å². The Morgan fingerprint density at radius 2 is 1.43 bits per heavy atom. The van der Waals surface area contributed by atoms with Crippen molar-refractivity contribution in [1.29, 1.82) is 0 Å². The Morgan fingerprint density at radius 1 is 0.850 bits per heavy atom. The highest BCUT2D eigenvalue weighted by Crippen LogP contribution is 2.21. The highest BCUT2D eigenvalue weighted by molar-refractivity contribution is 7.90. The van der Waals surface area contributed by atoms with Crippen LogP contribution in [0.2, 0.25) is 0 Å². The lowest BCUT2D eigenvalue weighted by Gasteiger charge is -2.34. The summed E-state index contributed by atoms with van der Waals surface area (Å²) in [5.74, 6) is -1.17. The zero-order valence-corrected chi connectivity index (χ0v) is 24.1. The second kappa shape index (κ2) is 14.0. The van der Waals surface area contributed by atoms with Gasteiger partial charge in [-0.1, -0.05) is 74.5 Å². The Labute approximate surface area is 236 Å². The first kappa shape index (κ1) is 30.8. The summed E-state index contributed by atoms with van der Waals surface area (Å²) < 4.78 is 42.4. The molecule has 0 saturated heterocycles. The summed E-state index contributed by atoms with van der Waals surface area (Å²) >= 11 is 0. The quantitative estimate of drug-likeness (QED) is 0.339. The summed E-state index contributed by atoms with van der Waals surface area (Å²) in [5.41, 5.74) is 1.76. The van der Waals surface area contributed by atoms with E-state index in [2.05, 4.69) is 5.32 Å². The highest BCUT2D eigenvalue weighted by Gasteiger charge is 2.34. The Balaban J connectivity index is 2.06. The van der Waals surface area contributed by atoms with Crippen molar-refractivity contribution in [3.8, 4) is 0 Å². The third-order valence-electron chi connectivity index (χ3n) is 6.28. The number of carbonyl (C=O) groups is 2. The van der Waals surface area contributed by atoms with Crippen LogP contribution in [-0.4, -0.2) is 62.7 Å². The highest BCUT2D eigenvalue weighted by atomic mass is 32.2. The van der Waals surface area contributed by atoms with Gasteiger partial charge in [-0.3, -0.25) is 9.59 Å². The lowest BCUT2D eigenvalue weighted by atomic mass is 10.0. The van der Waals surface area contributed by atoms with Crippen molar-refractivity contribution >= 4 is 27.7 Å². The molecule has 214 valence electrons. The Bertz CT molecular complexity index is 1350. The van der Waals surface area contributed by atoms with Crippen LogP contribution >= 0.6 is 0 Å². The molecule has 2 amide bonds. The summed E-state index contributed by atoms with van der Waals surface area (Å²) in [6.07, 6.45) is 0.212. The van der Waals surface area contributed by atoms with E-state index in [-0.39, 0.29) is 24.8 Å². The number of rotatable bonds is 13. The predicted octanol–water partition coefficient (Wildman–Crippen LogP) is 3.85. The van der Waals surface area contributed by atoms with Gasteiger partial charge >= 0.3 is 10.2 Å². The summed E-state index contributed by atoms with van der Waals surface area (Å²) in [6.45, 7) is 3.80. The topological polar surface area (TPSA) is 90.0 Å². The van der Waals surface area contributed by atoms with E-state index in [1.807, 2.05) is 44.2 Å². The molecule has 0 saturated carbocycles. The first-order valence-electron chi connectivity index (χ1n) is 13.1. The summed E-state index contributed by atoms with van der Waals surface area (Å²) in [6, 6.07) is 22.4. The number of hydrogen-bond donors (Lipinski definition) is 1. The predicted molar refractivity (Wildman–Crippen MR) is 155 cm³/mol. The molecule has 3 aromatic rings. The van der Waals surface area contributed by atoms with Gasteiger partial charge in [0.05, 0.1) is 5.69 Å². The van der Waals surface area contributed by atoms with Gasteiger partial charge in [0.15, 0.2) is 0 Å². The number of amides is 2. The average molecular weight is 569 g/mol. The van der Waals surface area contributed by atoms with Crippen molar-refractivity contribution in [2.24, 2.45) is 5.92 Å².